The van der Waals surface area contributed by atoms with E-state index in [-0.39, 0.29) is 12.0 Å². The SMILES string of the molecule is NCCC(CC1CCCCO1)C(=O)O. The van der Waals surface area contributed by atoms with Gasteiger partial charge in [0.05, 0.1) is 12.0 Å². The smallest absolute Gasteiger partial charge is 0.306 e. The van der Waals surface area contributed by atoms with E-state index in [2.05, 4.69) is 0 Å². The molecule has 0 radical (unpaired) electrons. The van der Waals surface area contributed by atoms with Crippen molar-refractivity contribution in [3.8, 4) is 0 Å². The summed E-state index contributed by atoms with van der Waals surface area (Å²) in [5.41, 5.74) is 5.37. The minimum atomic E-state index is -0.746. The second kappa shape index (κ2) is 5.98. The first-order valence-electron chi connectivity index (χ1n) is 5.28. The molecule has 4 heteroatoms. The first-order chi connectivity index (χ1) is 6.74. The van der Waals surface area contributed by atoms with Gasteiger partial charge in [-0.15, -0.1) is 0 Å². The van der Waals surface area contributed by atoms with E-state index in [9.17, 15) is 4.79 Å². The summed E-state index contributed by atoms with van der Waals surface area (Å²) in [6.45, 7) is 1.21. The van der Waals surface area contributed by atoms with Crippen molar-refractivity contribution in [1.82, 2.24) is 0 Å². The van der Waals surface area contributed by atoms with Crippen molar-refractivity contribution in [1.29, 1.82) is 0 Å². The Kier molecular flexibility index (Phi) is 4.90. The fraction of sp³-hybridized carbons (Fsp3) is 0.900. The Bertz CT molecular complexity index is 178. The van der Waals surface area contributed by atoms with Crippen LogP contribution in [0, 0.1) is 5.92 Å². The fourth-order valence-electron chi connectivity index (χ4n) is 1.85. The van der Waals surface area contributed by atoms with Crippen LogP contribution in [0.4, 0.5) is 0 Å². The lowest BCUT2D eigenvalue weighted by Gasteiger charge is -2.25. The summed E-state index contributed by atoms with van der Waals surface area (Å²) in [6, 6.07) is 0. The van der Waals surface area contributed by atoms with Crippen molar-refractivity contribution < 1.29 is 14.6 Å². The number of nitrogens with two attached hydrogens (primary N) is 1. The van der Waals surface area contributed by atoms with Crippen molar-refractivity contribution in [2.75, 3.05) is 13.2 Å². The molecule has 2 unspecified atom stereocenters. The molecular formula is C10H19NO3. The lowest BCUT2D eigenvalue weighted by Crippen LogP contribution is -2.27. The molecule has 1 saturated heterocycles. The molecule has 0 aromatic rings. The average molecular weight is 201 g/mol. The normalized spacial score (nSPS) is 24.5. The highest BCUT2D eigenvalue weighted by Gasteiger charge is 2.23. The number of aliphatic carboxylic acids is 1. The minimum Gasteiger partial charge on any atom is -0.481 e. The Morgan fingerprint density at radius 2 is 2.36 bits per heavy atom. The van der Waals surface area contributed by atoms with Crippen molar-refractivity contribution in [3.63, 3.8) is 0 Å². The van der Waals surface area contributed by atoms with E-state index in [0.29, 0.717) is 19.4 Å². The first-order valence-corrected chi connectivity index (χ1v) is 5.28. The predicted octanol–water partition coefficient (Wildman–Crippen LogP) is 0.995. The van der Waals surface area contributed by atoms with Crippen molar-refractivity contribution in [2.45, 2.75) is 38.2 Å². The van der Waals surface area contributed by atoms with Crippen molar-refractivity contribution in [3.05, 3.63) is 0 Å². The number of carbonyl (C=O) groups is 1. The molecule has 0 saturated carbocycles. The van der Waals surface area contributed by atoms with Crippen LogP contribution in [0.2, 0.25) is 0 Å². The molecule has 82 valence electrons. The maximum Gasteiger partial charge on any atom is 0.306 e. The van der Waals surface area contributed by atoms with Crippen LogP contribution in [0.3, 0.4) is 0 Å². The molecule has 1 heterocycles. The van der Waals surface area contributed by atoms with Crippen molar-refractivity contribution in [2.24, 2.45) is 11.7 Å². The molecule has 4 nitrogen and oxygen atoms in total. The van der Waals surface area contributed by atoms with E-state index in [1.807, 2.05) is 0 Å². The molecule has 1 aliphatic rings. The van der Waals surface area contributed by atoms with Gasteiger partial charge in [0.15, 0.2) is 0 Å². The second-order valence-corrected chi connectivity index (χ2v) is 3.84. The van der Waals surface area contributed by atoms with E-state index in [1.54, 1.807) is 0 Å². The lowest BCUT2D eigenvalue weighted by atomic mass is 9.94. The molecule has 1 aliphatic heterocycles. The van der Waals surface area contributed by atoms with Gasteiger partial charge in [-0.2, -0.15) is 0 Å². The monoisotopic (exact) mass is 201 g/mol. The molecule has 3 N–H and O–H groups in total. The highest BCUT2D eigenvalue weighted by atomic mass is 16.5. The van der Waals surface area contributed by atoms with Crippen LogP contribution in [0.25, 0.3) is 0 Å². The zero-order valence-corrected chi connectivity index (χ0v) is 8.45. The van der Waals surface area contributed by atoms with E-state index in [4.69, 9.17) is 15.6 Å². The number of carboxylic acids is 1. The number of hydrogen-bond donors (Lipinski definition) is 2. The third kappa shape index (κ3) is 3.64. The van der Waals surface area contributed by atoms with Gasteiger partial charge in [-0.25, -0.2) is 0 Å². The number of hydrogen-bond acceptors (Lipinski definition) is 3. The van der Waals surface area contributed by atoms with Crippen LogP contribution >= 0.6 is 0 Å². The third-order valence-electron chi connectivity index (χ3n) is 2.69. The molecule has 2 atom stereocenters. The van der Waals surface area contributed by atoms with Gasteiger partial charge in [0.25, 0.3) is 0 Å². The summed E-state index contributed by atoms with van der Waals surface area (Å²) in [6.07, 6.45) is 4.55. The Labute approximate surface area is 84.4 Å². The van der Waals surface area contributed by atoms with Crippen LogP contribution in [0.5, 0.6) is 0 Å². The quantitative estimate of drug-likeness (QED) is 0.696. The molecule has 1 fully saturated rings. The first kappa shape index (κ1) is 11.5. The third-order valence-corrected chi connectivity index (χ3v) is 2.69. The Morgan fingerprint density at radius 3 is 2.86 bits per heavy atom. The number of ether oxygens (including phenoxy) is 1. The number of carboxylic acid groups (broad SMARTS) is 1. The van der Waals surface area contributed by atoms with Gasteiger partial charge in [-0.3, -0.25) is 4.79 Å². The van der Waals surface area contributed by atoms with Gasteiger partial charge < -0.3 is 15.6 Å². The maximum absolute atomic E-state index is 10.9. The molecular weight excluding hydrogens is 182 g/mol. The highest BCUT2D eigenvalue weighted by molar-refractivity contribution is 5.69. The Balaban J connectivity index is 2.33. The van der Waals surface area contributed by atoms with Crippen LogP contribution < -0.4 is 5.73 Å². The maximum atomic E-state index is 10.9. The van der Waals surface area contributed by atoms with E-state index in [1.165, 1.54) is 0 Å². The molecule has 0 aromatic heterocycles. The Morgan fingerprint density at radius 1 is 1.57 bits per heavy atom. The fourth-order valence-corrected chi connectivity index (χ4v) is 1.85. The summed E-state index contributed by atoms with van der Waals surface area (Å²) in [7, 11) is 0. The summed E-state index contributed by atoms with van der Waals surface area (Å²) >= 11 is 0. The lowest BCUT2D eigenvalue weighted by molar-refractivity contribution is -0.143. The molecule has 0 aliphatic carbocycles. The zero-order chi connectivity index (χ0) is 10.4. The second-order valence-electron chi connectivity index (χ2n) is 3.84. The molecule has 0 amide bonds. The standard InChI is InChI=1S/C10H19NO3/c11-5-4-8(10(12)13)7-9-3-1-2-6-14-9/h8-9H,1-7,11H2,(H,12,13). The zero-order valence-electron chi connectivity index (χ0n) is 8.45. The van der Waals surface area contributed by atoms with Crippen molar-refractivity contribution >= 4 is 5.97 Å². The van der Waals surface area contributed by atoms with E-state index < -0.39 is 5.97 Å². The summed E-state index contributed by atoms with van der Waals surface area (Å²) in [5, 5.41) is 8.92. The van der Waals surface area contributed by atoms with Gasteiger partial charge >= 0.3 is 5.97 Å². The van der Waals surface area contributed by atoms with Gasteiger partial charge in [-0.1, -0.05) is 0 Å². The summed E-state index contributed by atoms with van der Waals surface area (Å²) < 4.78 is 5.50. The molecule has 14 heavy (non-hydrogen) atoms. The minimum absolute atomic E-state index is 0.136. The van der Waals surface area contributed by atoms with E-state index >= 15 is 0 Å². The summed E-state index contributed by atoms with van der Waals surface area (Å²) in [4.78, 5) is 10.9. The Hall–Kier alpha value is -0.610. The molecule has 1 rings (SSSR count). The van der Waals surface area contributed by atoms with Crippen LogP contribution in [-0.2, 0) is 9.53 Å². The van der Waals surface area contributed by atoms with Crippen LogP contribution in [0.15, 0.2) is 0 Å². The largest absolute Gasteiger partial charge is 0.481 e. The number of rotatable bonds is 5. The van der Waals surface area contributed by atoms with Crippen LogP contribution in [-0.4, -0.2) is 30.3 Å². The van der Waals surface area contributed by atoms with Gasteiger partial charge in [0.2, 0.25) is 0 Å². The highest BCUT2D eigenvalue weighted by Crippen LogP contribution is 2.21. The topological polar surface area (TPSA) is 72.5 Å². The molecule has 0 aromatic carbocycles. The van der Waals surface area contributed by atoms with E-state index in [0.717, 1.165) is 25.9 Å². The van der Waals surface area contributed by atoms with Crippen LogP contribution in [0.1, 0.15) is 32.1 Å². The molecule has 0 bridgehead atoms. The van der Waals surface area contributed by atoms with Gasteiger partial charge in [0, 0.05) is 6.61 Å². The summed E-state index contributed by atoms with van der Waals surface area (Å²) in [5.74, 6) is -1.08. The molecule has 0 spiro atoms. The average Bonchev–Trinajstić information content (AvgIpc) is 2.18. The van der Waals surface area contributed by atoms with Gasteiger partial charge in [0.1, 0.15) is 0 Å². The predicted molar refractivity (Wildman–Crippen MR) is 53.0 cm³/mol. The van der Waals surface area contributed by atoms with Gasteiger partial charge in [-0.05, 0) is 38.6 Å².